The number of carbonyl (C=O) groups is 1. The molecule has 1 atom stereocenters. The minimum Gasteiger partial charge on any atom is -0.365 e. The molecular weight excluding hydrogens is 252 g/mol. The molecule has 1 fully saturated rings. The lowest BCUT2D eigenvalue weighted by molar-refractivity contribution is -0.136. The summed E-state index contributed by atoms with van der Waals surface area (Å²) in [4.78, 5) is 14.6. The van der Waals surface area contributed by atoms with Crippen molar-refractivity contribution in [1.29, 1.82) is 0 Å². The van der Waals surface area contributed by atoms with Gasteiger partial charge in [0, 0.05) is 18.8 Å². The Morgan fingerprint density at radius 1 is 1.40 bits per heavy atom. The van der Waals surface area contributed by atoms with E-state index in [0.29, 0.717) is 19.7 Å². The predicted octanol–water partition coefficient (Wildman–Crippen LogP) is 2.25. The fourth-order valence-electron chi connectivity index (χ4n) is 2.56. The van der Waals surface area contributed by atoms with Gasteiger partial charge in [-0.3, -0.25) is 4.79 Å². The summed E-state index contributed by atoms with van der Waals surface area (Å²) in [6, 6.07) is 8.02. The van der Waals surface area contributed by atoms with Gasteiger partial charge in [-0.1, -0.05) is 17.7 Å². The molecule has 0 spiro atoms. The molecule has 4 heteroatoms. The fourth-order valence-corrected chi connectivity index (χ4v) is 2.56. The number of ether oxygens (including phenoxy) is 1. The normalized spacial score (nSPS) is 21.9. The molecule has 4 nitrogen and oxygen atoms in total. The second-order valence-electron chi connectivity index (χ2n) is 5.62. The zero-order valence-electron chi connectivity index (χ0n) is 12.4. The number of carbonyl (C=O) groups excluding carboxylic acids is 1. The third-order valence-electron chi connectivity index (χ3n) is 3.85. The number of benzene rings is 1. The summed E-state index contributed by atoms with van der Waals surface area (Å²) in [5.74, 6) is 0.0484. The molecule has 0 radical (unpaired) electrons. The van der Waals surface area contributed by atoms with Crippen LogP contribution in [0.4, 0.5) is 5.69 Å². The van der Waals surface area contributed by atoms with Gasteiger partial charge in [0.1, 0.15) is 5.60 Å². The van der Waals surface area contributed by atoms with Gasteiger partial charge in [0.15, 0.2) is 0 Å². The molecule has 1 aromatic rings. The second-order valence-corrected chi connectivity index (χ2v) is 5.62. The van der Waals surface area contributed by atoms with Crippen LogP contribution in [-0.2, 0) is 9.53 Å². The minimum atomic E-state index is -0.681. The van der Waals surface area contributed by atoms with Crippen LogP contribution in [0.5, 0.6) is 0 Å². The van der Waals surface area contributed by atoms with Crippen molar-refractivity contribution in [2.24, 2.45) is 5.73 Å². The van der Waals surface area contributed by atoms with E-state index in [0.717, 1.165) is 24.9 Å². The van der Waals surface area contributed by atoms with Crippen molar-refractivity contribution in [3.05, 3.63) is 29.8 Å². The summed E-state index contributed by atoms with van der Waals surface area (Å²) < 4.78 is 5.69. The molecule has 1 unspecified atom stereocenters. The smallest absolute Gasteiger partial charge is 0.258 e. The van der Waals surface area contributed by atoms with Gasteiger partial charge in [0.05, 0.1) is 0 Å². The highest BCUT2D eigenvalue weighted by Crippen LogP contribution is 2.29. The standard InChI is InChI=1S/C16H24N2O2/c1-13-5-7-14(8-6-13)18(11-4-10-17)15(19)16(2)9-3-12-20-16/h5-8H,3-4,9-12,17H2,1-2H3. The van der Waals surface area contributed by atoms with Crippen molar-refractivity contribution in [1.82, 2.24) is 0 Å². The van der Waals surface area contributed by atoms with Crippen molar-refractivity contribution >= 4 is 11.6 Å². The summed E-state index contributed by atoms with van der Waals surface area (Å²) in [7, 11) is 0. The molecule has 0 aliphatic carbocycles. The van der Waals surface area contributed by atoms with Crippen LogP contribution in [-0.4, -0.2) is 31.2 Å². The monoisotopic (exact) mass is 276 g/mol. The maximum absolute atomic E-state index is 12.8. The van der Waals surface area contributed by atoms with E-state index >= 15 is 0 Å². The van der Waals surface area contributed by atoms with Crippen molar-refractivity contribution in [3.8, 4) is 0 Å². The average molecular weight is 276 g/mol. The molecule has 0 saturated carbocycles. The number of aryl methyl sites for hydroxylation is 1. The Bertz CT molecular complexity index is 450. The van der Waals surface area contributed by atoms with Gasteiger partial charge in [-0.15, -0.1) is 0 Å². The lowest BCUT2D eigenvalue weighted by Gasteiger charge is -2.31. The zero-order chi connectivity index (χ0) is 14.6. The molecular formula is C16H24N2O2. The number of anilines is 1. The summed E-state index contributed by atoms with van der Waals surface area (Å²) in [6.45, 7) is 5.81. The van der Waals surface area contributed by atoms with Crippen LogP contribution >= 0.6 is 0 Å². The van der Waals surface area contributed by atoms with Crippen LogP contribution in [0.2, 0.25) is 0 Å². The van der Waals surface area contributed by atoms with E-state index in [1.807, 2.05) is 43.0 Å². The minimum absolute atomic E-state index is 0.0484. The lowest BCUT2D eigenvalue weighted by atomic mass is 10.00. The van der Waals surface area contributed by atoms with Crippen LogP contribution in [0.25, 0.3) is 0 Å². The van der Waals surface area contributed by atoms with E-state index < -0.39 is 5.60 Å². The van der Waals surface area contributed by atoms with E-state index in [1.54, 1.807) is 0 Å². The summed E-state index contributed by atoms with van der Waals surface area (Å²) in [5.41, 5.74) is 7.02. The van der Waals surface area contributed by atoms with Gasteiger partial charge < -0.3 is 15.4 Å². The van der Waals surface area contributed by atoms with Crippen LogP contribution < -0.4 is 10.6 Å². The number of hydrogen-bond donors (Lipinski definition) is 1. The molecule has 1 aliphatic rings. The molecule has 1 heterocycles. The third-order valence-corrected chi connectivity index (χ3v) is 3.85. The largest absolute Gasteiger partial charge is 0.365 e. The highest BCUT2D eigenvalue weighted by Gasteiger charge is 2.40. The molecule has 110 valence electrons. The number of amides is 1. The van der Waals surface area contributed by atoms with Crippen molar-refractivity contribution in [2.75, 3.05) is 24.6 Å². The van der Waals surface area contributed by atoms with Gasteiger partial charge in [-0.2, -0.15) is 0 Å². The van der Waals surface area contributed by atoms with Gasteiger partial charge in [0.2, 0.25) is 0 Å². The molecule has 1 aliphatic heterocycles. The maximum atomic E-state index is 12.8. The first-order valence-electron chi connectivity index (χ1n) is 7.29. The zero-order valence-corrected chi connectivity index (χ0v) is 12.4. The van der Waals surface area contributed by atoms with E-state index in [1.165, 1.54) is 5.56 Å². The average Bonchev–Trinajstić information content (AvgIpc) is 2.89. The third kappa shape index (κ3) is 3.19. The van der Waals surface area contributed by atoms with Crippen molar-refractivity contribution in [2.45, 2.75) is 38.7 Å². The summed E-state index contributed by atoms with van der Waals surface area (Å²) in [6.07, 6.45) is 2.52. The molecule has 2 rings (SSSR count). The van der Waals surface area contributed by atoms with Crippen LogP contribution in [0.3, 0.4) is 0 Å². The highest BCUT2D eigenvalue weighted by molar-refractivity contribution is 5.99. The second kappa shape index (κ2) is 6.37. The Labute approximate surface area is 120 Å². The van der Waals surface area contributed by atoms with Gasteiger partial charge in [-0.05, 0) is 51.8 Å². The maximum Gasteiger partial charge on any atom is 0.258 e. The van der Waals surface area contributed by atoms with Crippen molar-refractivity contribution in [3.63, 3.8) is 0 Å². The Morgan fingerprint density at radius 2 is 2.10 bits per heavy atom. The van der Waals surface area contributed by atoms with E-state index in [2.05, 4.69) is 0 Å². The SMILES string of the molecule is Cc1ccc(N(CCCN)C(=O)C2(C)CCCO2)cc1. The number of hydrogen-bond acceptors (Lipinski definition) is 3. The predicted molar refractivity (Wildman–Crippen MR) is 80.8 cm³/mol. The number of nitrogens with two attached hydrogens (primary N) is 1. The highest BCUT2D eigenvalue weighted by atomic mass is 16.5. The summed E-state index contributed by atoms with van der Waals surface area (Å²) in [5, 5.41) is 0. The van der Waals surface area contributed by atoms with E-state index in [9.17, 15) is 4.79 Å². The Morgan fingerprint density at radius 3 is 2.65 bits per heavy atom. The number of rotatable bonds is 5. The number of nitrogens with zero attached hydrogens (tertiary/aromatic N) is 1. The fraction of sp³-hybridized carbons (Fsp3) is 0.562. The van der Waals surface area contributed by atoms with E-state index in [4.69, 9.17) is 10.5 Å². The van der Waals surface area contributed by atoms with Gasteiger partial charge in [0.25, 0.3) is 5.91 Å². The molecule has 0 bridgehead atoms. The first-order chi connectivity index (χ1) is 9.57. The molecule has 0 aromatic heterocycles. The Balaban J connectivity index is 2.22. The van der Waals surface area contributed by atoms with E-state index in [-0.39, 0.29) is 5.91 Å². The van der Waals surface area contributed by atoms with Crippen molar-refractivity contribution < 1.29 is 9.53 Å². The molecule has 1 saturated heterocycles. The van der Waals surface area contributed by atoms with Gasteiger partial charge >= 0.3 is 0 Å². The lowest BCUT2D eigenvalue weighted by Crippen LogP contribution is -2.47. The first-order valence-corrected chi connectivity index (χ1v) is 7.29. The Hall–Kier alpha value is -1.39. The first kappa shape index (κ1) is 15.0. The molecule has 20 heavy (non-hydrogen) atoms. The van der Waals surface area contributed by atoms with Crippen LogP contribution in [0.15, 0.2) is 24.3 Å². The Kier molecular flexibility index (Phi) is 4.78. The molecule has 2 N–H and O–H groups in total. The quantitative estimate of drug-likeness (QED) is 0.897. The summed E-state index contributed by atoms with van der Waals surface area (Å²) >= 11 is 0. The molecule has 1 amide bonds. The van der Waals surface area contributed by atoms with Crippen LogP contribution in [0.1, 0.15) is 31.7 Å². The van der Waals surface area contributed by atoms with Crippen LogP contribution in [0, 0.1) is 6.92 Å². The topological polar surface area (TPSA) is 55.6 Å². The molecule has 1 aromatic carbocycles. The van der Waals surface area contributed by atoms with Gasteiger partial charge in [-0.25, -0.2) is 0 Å².